The Labute approximate surface area is 186 Å². The number of hydrogen-bond acceptors (Lipinski definition) is 4. The average Bonchev–Trinajstić information content (AvgIpc) is 3.15. The minimum atomic E-state index is -0.487. The standard InChI is InChI=1S/C23H23Cl2NO4/c1-3-30-23(28)21(14-5-4-6-20(12-14)29-2)15-7-8-19(11-15)26-22(27)16-9-17(24)13-18(25)10-16/h4-10,12-13,15,19,21H,3,11H2,1-2H3,(H,26,27)/t15-,19-,21+/m0/s1. The van der Waals surface area contributed by atoms with Gasteiger partial charge in [0.1, 0.15) is 5.75 Å². The maximum absolute atomic E-state index is 12.7. The summed E-state index contributed by atoms with van der Waals surface area (Å²) < 4.78 is 10.6. The quantitative estimate of drug-likeness (QED) is 0.477. The molecule has 0 bridgehead atoms. The SMILES string of the molecule is CCOC(=O)[C@H](c1cccc(OC)c1)[C@H]1C=C[C@H](NC(=O)c2cc(Cl)cc(Cl)c2)C1. The summed E-state index contributed by atoms with van der Waals surface area (Å²) in [6.45, 7) is 2.08. The van der Waals surface area contributed by atoms with E-state index in [-0.39, 0.29) is 23.8 Å². The lowest BCUT2D eigenvalue weighted by Crippen LogP contribution is -2.33. The van der Waals surface area contributed by atoms with E-state index in [1.54, 1.807) is 32.2 Å². The highest BCUT2D eigenvalue weighted by molar-refractivity contribution is 6.35. The van der Waals surface area contributed by atoms with Crippen LogP contribution in [0.1, 0.15) is 35.2 Å². The number of ether oxygens (including phenoxy) is 2. The lowest BCUT2D eigenvalue weighted by molar-refractivity contribution is -0.146. The van der Waals surface area contributed by atoms with Gasteiger partial charge in [-0.3, -0.25) is 9.59 Å². The number of allylic oxidation sites excluding steroid dienone is 1. The van der Waals surface area contributed by atoms with E-state index in [1.807, 2.05) is 36.4 Å². The van der Waals surface area contributed by atoms with Crippen LogP contribution in [0.25, 0.3) is 0 Å². The van der Waals surface area contributed by atoms with Crippen molar-refractivity contribution in [1.29, 1.82) is 0 Å². The van der Waals surface area contributed by atoms with E-state index in [1.165, 1.54) is 0 Å². The van der Waals surface area contributed by atoms with Crippen LogP contribution in [0.5, 0.6) is 5.75 Å². The Morgan fingerprint density at radius 3 is 2.53 bits per heavy atom. The highest BCUT2D eigenvalue weighted by Gasteiger charge is 2.34. The van der Waals surface area contributed by atoms with Gasteiger partial charge in [0.2, 0.25) is 0 Å². The normalized spacial score (nSPS) is 18.7. The molecular formula is C23H23Cl2NO4. The van der Waals surface area contributed by atoms with Crippen molar-refractivity contribution >= 4 is 35.1 Å². The summed E-state index contributed by atoms with van der Waals surface area (Å²) in [6, 6.07) is 11.9. The third kappa shape index (κ3) is 5.35. The molecule has 1 aliphatic rings. The zero-order chi connectivity index (χ0) is 21.7. The van der Waals surface area contributed by atoms with Crippen molar-refractivity contribution in [2.24, 2.45) is 5.92 Å². The van der Waals surface area contributed by atoms with Crippen LogP contribution in [0, 0.1) is 5.92 Å². The molecule has 0 spiro atoms. The molecule has 0 aromatic heterocycles. The van der Waals surface area contributed by atoms with E-state index in [4.69, 9.17) is 32.7 Å². The first kappa shape index (κ1) is 22.2. The van der Waals surface area contributed by atoms with Gasteiger partial charge in [-0.2, -0.15) is 0 Å². The molecule has 1 aliphatic carbocycles. The second-order valence-corrected chi connectivity index (χ2v) is 7.90. The van der Waals surface area contributed by atoms with Crippen molar-refractivity contribution in [3.8, 4) is 5.75 Å². The molecular weight excluding hydrogens is 425 g/mol. The van der Waals surface area contributed by atoms with Crippen molar-refractivity contribution in [2.45, 2.75) is 25.3 Å². The van der Waals surface area contributed by atoms with E-state index in [2.05, 4.69) is 5.32 Å². The topological polar surface area (TPSA) is 64.6 Å². The highest BCUT2D eigenvalue weighted by Crippen LogP contribution is 2.36. The number of nitrogens with one attached hydrogen (secondary N) is 1. The maximum Gasteiger partial charge on any atom is 0.314 e. The van der Waals surface area contributed by atoms with Crippen LogP contribution in [0.4, 0.5) is 0 Å². The fourth-order valence-corrected chi connectivity index (χ4v) is 4.17. The van der Waals surface area contributed by atoms with Gasteiger partial charge >= 0.3 is 5.97 Å². The number of hydrogen-bond donors (Lipinski definition) is 1. The van der Waals surface area contributed by atoms with Gasteiger partial charge in [-0.15, -0.1) is 0 Å². The second-order valence-electron chi connectivity index (χ2n) is 7.03. The zero-order valence-electron chi connectivity index (χ0n) is 16.7. The van der Waals surface area contributed by atoms with Crippen LogP contribution in [-0.4, -0.2) is 31.6 Å². The van der Waals surface area contributed by atoms with Gasteiger partial charge < -0.3 is 14.8 Å². The Morgan fingerprint density at radius 2 is 1.87 bits per heavy atom. The fourth-order valence-electron chi connectivity index (χ4n) is 3.64. The molecule has 30 heavy (non-hydrogen) atoms. The molecule has 2 aromatic rings. The number of carbonyl (C=O) groups excluding carboxylic acids is 2. The molecule has 3 atom stereocenters. The minimum Gasteiger partial charge on any atom is -0.497 e. The second kappa shape index (κ2) is 10.0. The number of halogens is 2. The minimum absolute atomic E-state index is 0.121. The molecule has 0 heterocycles. The van der Waals surface area contributed by atoms with Crippen LogP contribution in [0.2, 0.25) is 10.0 Å². The number of rotatable bonds is 7. The fraction of sp³-hybridized carbons (Fsp3) is 0.304. The number of methoxy groups -OCH3 is 1. The number of esters is 1. The van der Waals surface area contributed by atoms with Gasteiger partial charge in [-0.25, -0.2) is 0 Å². The predicted octanol–water partition coefficient (Wildman–Crippen LogP) is 5.02. The lowest BCUT2D eigenvalue weighted by atomic mass is 9.85. The summed E-state index contributed by atoms with van der Waals surface area (Å²) in [5, 5.41) is 3.75. The van der Waals surface area contributed by atoms with Crippen LogP contribution in [-0.2, 0) is 9.53 Å². The molecule has 158 valence electrons. The summed E-state index contributed by atoms with van der Waals surface area (Å²) in [7, 11) is 1.58. The van der Waals surface area contributed by atoms with Gasteiger partial charge in [0.15, 0.2) is 0 Å². The van der Waals surface area contributed by atoms with Crippen molar-refractivity contribution < 1.29 is 19.1 Å². The molecule has 7 heteroatoms. The van der Waals surface area contributed by atoms with Crippen LogP contribution >= 0.6 is 23.2 Å². The number of benzene rings is 2. The molecule has 1 amide bonds. The van der Waals surface area contributed by atoms with Crippen molar-refractivity contribution in [2.75, 3.05) is 13.7 Å². The van der Waals surface area contributed by atoms with E-state index in [0.717, 1.165) is 5.56 Å². The first-order valence-corrected chi connectivity index (χ1v) is 10.4. The predicted molar refractivity (Wildman–Crippen MR) is 117 cm³/mol. The molecule has 2 aromatic carbocycles. The Bertz CT molecular complexity index is 940. The molecule has 0 unspecified atom stereocenters. The summed E-state index contributed by atoms with van der Waals surface area (Å²) in [4.78, 5) is 25.3. The molecule has 5 nitrogen and oxygen atoms in total. The first-order chi connectivity index (χ1) is 14.4. The van der Waals surface area contributed by atoms with Crippen LogP contribution < -0.4 is 10.1 Å². The summed E-state index contributed by atoms with van der Waals surface area (Å²) in [5.74, 6) is -0.507. The largest absolute Gasteiger partial charge is 0.497 e. The summed E-state index contributed by atoms with van der Waals surface area (Å²) >= 11 is 12.0. The monoisotopic (exact) mass is 447 g/mol. The average molecular weight is 448 g/mol. The third-order valence-corrected chi connectivity index (χ3v) is 5.42. The third-order valence-electron chi connectivity index (χ3n) is 4.98. The lowest BCUT2D eigenvalue weighted by Gasteiger charge is -2.23. The molecule has 0 radical (unpaired) electrons. The van der Waals surface area contributed by atoms with Crippen molar-refractivity contribution in [3.05, 3.63) is 75.8 Å². The summed E-state index contributed by atoms with van der Waals surface area (Å²) in [5.41, 5.74) is 1.20. The van der Waals surface area contributed by atoms with Gasteiger partial charge in [0.05, 0.1) is 19.6 Å². The number of amides is 1. The van der Waals surface area contributed by atoms with E-state index < -0.39 is 5.92 Å². The number of carbonyl (C=O) groups is 2. The van der Waals surface area contributed by atoms with E-state index >= 15 is 0 Å². The Balaban J connectivity index is 1.75. The molecule has 0 fully saturated rings. The van der Waals surface area contributed by atoms with Crippen LogP contribution in [0.3, 0.4) is 0 Å². The van der Waals surface area contributed by atoms with Crippen molar-refractivity contribution in [3.63, 3.8) is 0 Å². The maximum atomic E-state index is 12.7. The molecule has 1 N–H and O–H groups in total. The van der Waals surface area contributed by atoms with E-state index in [9.17, 15) is 9.59 Å². The molecule has 0 saturated carbocycles. The van der Waals surface area contributed by atoms with Gasteiger partial charge in [0.25, 0.3) is 5.91 Å². The van der Waals surface area contributed by atoms with Crippen molar-refractivity contribution in [1.82, 2.24) is 5.32 Å². The molecule has 3 rings (SSSR count). The Kier molecular flexibility index (Phi) is 7.40. The Hall–Kier alpha value is -2.50. The Morgan fingerprint density at radius 1 is 1.13 bits per heavy atom. The first-order valence-electron chi connectivity index (χ1n) is 9.67. The van der Waals surface area contributed by atoms with E-state index in [0.29, 0.717) is 34.4 Å². The summed E-state index contributed by atoms with van der Waals surface area (Å²) in [6.07, 6.45) is 4.43. The van der Waals surface area contributed by atoms with Gasteiger partial charge in [0, 0.05) is 21.7 Å². The van der Waals surface area contributed by atoms with Gasteiger partial charge in [-0.05, 0) is 55.2 Å². The zero-order valence-corrected chi connectivity index (χ0v) is 18.2. The molecule has 0 saturated heterocycles. The van der Waals surface area contributed by atoms with Crippen LogP contribution in [0.15, 0.2) is 54.6 Å². The smallest absolute Gasteiger partial charge is 0.314 e. The highest BCUT2D eigenvalue weighted by atomic mass is 35.5. The molecule has 0 aliphatic heterocycles. The van der Waals surface area contributed by atoms with Gasteiger partial charge in [-0.1, -0.05) is 47.5 Å².